The van der Waals surface area contributed by atoms with Crippen LogP contribution in [0.5, 0.6) is 0 Å². The van der Waals surface area contributed by atoms with E-state index in [1.807, 2.05) is 18.2 Å². The van der Waals surface area contributed by atoms with E-state index in [4.69, 9.17) is 0 Å². The number of hydrazine groups is 1. The molecule has 1 aromatic heterocycles. The topological polar surface area (TPSA) is 31.4 Å². The molecule has 3 rings (SSSR count). The minimum absolute atomic E-state index is 1.16. The van der Waals surface area contributed by atoms with Gasteiger partial charge in [0, 0.05) is 51.7 Å². The van der Waals surface area contributed by atoms with Crippen molar-refractivity contribution >= 4 is 0 Å². The molecule has 0 radical (unpaired) electrons. The van der Waals surface area contributed by atoms with E-state index in [1.165, 1.54) is 45.4 Å². The second-order valence-corrected chi connectivity index (χ2v) is 4.74. The highest BCUT2D eigenvalue weighted by atomic mass is 15.6. The molecular formula is C14H24N4. The molecule has 0 atom stereocenters. The predicted octanol–water partition coefficient (Wildman–Crippen LogP) is 1.37. The van der Waals surface area contributed by atoms with Gasteiger partial charge in [0.05, 0.1) is 0 Å². The number of aromatic nitrogens is 1. The highest BCUT2D eigenvalue weighted by Gasteiger charge is 2.18. The molecule has 0 spiro atoms. The molecule has 2 saturated heterocycles. The number of nitrogens with zero attached hydrogens (tertiary/aromatic N) is 3. The van der Waals surface area contributed by atoms with Gasteiger partial charge < -0.3 is 5.32 Å². The molecule has 1 aromatic rings. The van der Waals surface area contributed by atoms with Crippen molar-refractivity contribution in [2.24, 2.45) is 0 Å². The fourth-order valence-electron chi connectivity index (χ4n) is 2.41. The van der Waals surface area contributed by atoms with Crippen molar-refractivity contribution in [3.8, 4) is 0 Å². The number of piperazine rings is 1. The van der Waals surface area contributed by atoms with Crippen LogP contribution in [0.3, 0.4) is 0 Å². The third-order valence-electron chi connectivity index (χ3n) is 3.39. The molecular weight excluding hydrogens is 224 g/mol. The van der Waals surface area contributed by atoms with E-state index in [2.05, 4.69) is 20.3 Å². The summed E-state index contributed by atoms with van der Waals surface area (Å²) in [6.07, 6.45) is 7.72. The summed E-state index contributed by atoms with van der Waals surface area (Å²) in [6.45, 7) is 7.33. The van der Waals surface area contributed by atoms with E-state index in [0.29, 0.717) is 0 Å². The lowest BCUT2D eigenvalue weighted by Gasteiger charge is -2.39. The molecule has 0 aromatic carbocycles. The van der Waals surface area contributed by atoms with Gasteiger partial charge in [-0.05, 0) is 25.0 Å². The molecule has 0 saturated carbocycles. The Labute approximate surface area is 110 Å². The van der Waals surface area contributed by atoms with Crippen molar-refractivity contribution in [3.05, 3.63) is 30.6 Å². The van der Waals surface area contributed by atoms with Crippen LogP contribution < -0.4 is 5.32 Å². The number of piperidine rings is 1. The smallest absolute Gasteiger partial charge is 0.0267 e. The van der Waals surface area contributed by atoms with Crippen LogP contribution in [0.1, 0.15) is 19.3 Å². The van der Waals surface area contributed by atoms with Crippen LogP contribution in [0.15, 0.2) is 30.6 Å². The van der Waals surface area contributed by atoms with Crippen LogP contribution in [-0.2, 0) is 0 Å². The summed E-state index contributed by atoms with van der Waals surface area (Å²) in [5, 5.41) is 8.45. The van der Waals surface area contributed by atoms with Crippen molar-refractivity contribution in [1.82, 2.24) is 20.3 Å². The van der Waals surface area contributed by atoms with Gasteiger partial charge >= 0.3 is 0 Å². The molecule has 0 unspecified atom stereocenters. The minimum atomic E-state index is 1.16. The number of nitrogens with one attached hydrogen (secondary N) is 1. The maximum absolute atomic E-state index is 3.78. The van der Waals surface area contributed by atoms with Crippen LogP contribution >= 0.6 is 0 Å². The molecule has 0 aliphatic carbocycles. The van der Waals surface area contributed by atoms with Crippen LogP contribution in [-0.4, -0.2) is 54.3 Å². The second kappa shape index (κ2) is 8.19. The van der Waals surface area contributed by atoms with Gasteiger partial charge in [0.25, 0.3) is 0 Å². The zero-order valence-corrected chi connectivity index (χ0v) is 11.1. The zero-order valence-electron chi connectivity index (χ0n) is 11.1. The summed E-state index contributed by atoms with van der Waals surface area (Å²) >= 11 is 0. The molecule has 4 nitrogen and oxygen atoms in total. The highest BCUT2D eigenvalue weighted by Crippen LogP contribution is 2.11. The van der Waals surface area contributed by atoms with Crippen molar-refractivity contribution < 1.29 is 0 Å². The first kappa shape index (κ1) is 13.5. The summed E-state index contributed by atoms with van der Waals surface area (Å²) < 4.78 is 0. The molecule has 4 heteroatoms. The summed E-state index contributed by atoms with van der Waals surface area (Å²) in [7, 11) is 0. The first-order chi connectivity index (χ1) is 8.97. The summed E-state index contributed by atoms with van der Waals surface area (Å²) in [6, 6.07) is 5.72. The average Bonchev–Trinajstić information content (AvgIpc) is 2.51. The third kappa shape index (κ3) is 4.72. The first-order valence-corrected chi connectivity index (χ1v) is 7.02. The van der Waals surface area contributed by atoms with E-state index in [1.54, 1.807) is 12.4 Å². The van der Waals surface area contributed by atoms with Crippen molar-refractivity contribution in [2.75, 3.05) is 39.3 Å². The predicted molar refractivity (Wildman–Crippen MR) is 74.1 cm³/mol. The maximum Gasteiger partial charge on any atom is 0.0267 e. The van der Waals surface area contributed by atoms with Crippen molar-refractivity contribution in [2.45, 2.75) is 19.3 Å². The largest absolute Gasteiger partial charge is 0.314 e. The number of rotatable bonds is 1. The molecule has 0 amide bonds. The van der Waals surface area contributed by atoms with Gasteiger partial charge in [0.15, 0.2) is 0 Å². The number of hydrogen-bond acceptors (Lipinski definition) is 4. The summed E-state index contributed by atoms with van der Waals surface area (Å²) in [5.41, 5.74) is 0. The van der Waals surface area contributed by atoms with Crippen molar-refractivity contribution in [1.29, 1.82) is 0 Å². The van der Waals surface area contributed by atoms with Crippen LogP contribution in [0, 0.1) is 0 Å². The monoisotopic (exact) mass is 248 g/mol. The van der Waals surface area contributed by atoms with Gasteiger partial charge in [0.1, 0.15) is 0 Å². The SMILES string of the molecule is C1CCN(N2CCNCC2)CC1.c1ccncc1. The fourth-order valence-corrected chi connectivity index (χ4v) is 2.41. The molecule has 2 aliphatic rings. The van der Waals surface area contributed by atoms with E-state index in [-0.39, 0.29) is 0 Å². The standard InChI is InChI=1S/C9H19N3.C5H5N/c1-2-6-11(7-3-1)12-8-4-10-5-9-12;1-2-4-6-5-3-1/h10H,1-9H2;1-5H. The Morgan fingerprint density at radius 2 is 1.33 bits per heavy atom. The Kier molecular flexibility index (Phi) is 6.12. The Morgan fingerprint density at radius 3 is 1.83 bits per heavy atom. The Hall–Kier alpha value is -0.970. The van der Waals surface area contributed by atoms with E-state index in [9.17, 15) is 0 Å². The molecule has 100 valence electrons. The molecule has 2 fully saturated rings. The molecule has 2 aliphatic heterocycles. The van der Waals surface area contributed by atoms with E-state index >= 15 is 0 Å². The summed E-state index contributed by atoms with van der Waals surface area (Å²) in [4.78, 5) is 3.78. The van der Waals surface area contributed by atoms with E-state index in [0.717, 1.165) is 13.1 Å². The van der Waals surface area contributed by atoms with Gasteiger partial charge in [-0.3, -0.25) is 4.98 Å². The molecule has 0 bridgehead atoms. The Bertz CT molecular complexity index is 249. The van der Waals surface area contributed by atoms with Gasteiger partial charge in [-0.1, -0.05) is 12.5 Å². The van der Waals surface area contributed by atoms with Crippen LogP contribution in [0.4, 0.5) is 0 Å². The van der Waals surface area contributed by atoms with E-state index < -0.39 is 0 Å². The Morgan fingerprint density at radius 1 is 0.722 bits per heavy atom. The third-order valence-corrected chi connectivity index (χ3v) is 3.39. The summed E-state index contributed by atoms with van der Waals surface area (Å²) in [5.74, 6) is 0. The van der Waals surface area contributed by atoms with Crippen LogP contribution in [0.2, 0.25) is 0 Å². The molecule has 18 heavy (non-hydrogen) atoms. The van der Waals surface area contributed by atoms with Gasteiger partial charge in [-0.2, -0.15) is 0 Å². The van der Waals surface area contributed by atoms with Crippen molar-refractivity contribution in [3.63, 3.8) is 0 Å². The lowest BCUT2D eigenvalue weighted by Crippen LogP contribution is -2.53. The Balaban J connectivity index is 0.000000169. The lowest BCUT2D eigenvalue weighted by atomic mass is 10.2. The highest BCUT2D eigenvalue weighted by molar-refractivity contribution is 4.88. The maximum atomic E-state index is 3.78. The van der Waals surface area contributed by atoms with Gasteiger partial charge in [0.2, 0.25) is 0 Å². The zero-order chi connectivity index (χ0) is 12.5. The van der Waals surface area contributed by atoms with Crippen LogP contribution in [0.25, 0.3) is 0 Å². The molecule has 1 N–H and O–H groups in total. The van der Waals surface area contributed by atoms with Gasteiger partial charge in [-0.25, -0.2) is 10.0 Å². The molecule has 3 heterocycles. The quantitative estimate of drug-likeness (QED) is 0.813. The lowest BCUT2D eigenvalue weighted by molar-refractivity contribution is -0.0468. The minimum Gasteiger partial charge on any atom is -0.314 e. The number of pyridine rings is 1. The normalized spacial score (nSPS) is 22.0. The number of hydrogen-bond donors (Lipinski definition) is 1. The van der Waals surface area contributed by atoms with Gasteiger partial charge in [-0.15, -0.1) is 0 Å². The first-order valence-electron chi connectivity index (χ1n) is 7.02. The second-order valence-electron chi connectivity index (χ2n) is 4.74. The fraction of sp³-hybridized carbons (Fsp3) is 0.643. The average molecular weight is 248 g/mol.